The molecule has 12 rings (SSSR count). The van der Waals surface area contributed by atoms with Crippen LogP contribution in [-0.2, 0) is 0 Å². The van der Waals surface area contributed by atoms with Crippen molar-refractivity contribution in [2.75, 3.05) is 4.90 Å². The van der Waals surface area contributed by atoms with Gasteiger partial charge in [0.2, 0.25) is 0 Å². The summed E-state index contributed by atoms with van der Waals surface area (Å²) < 4.78 is 0. The second-order valence-corrected chi connectivity index (χ2v) is 19.6. The third kappa shape index (κ3) is 7.32. The predicted molar refractivity (Wildman–Crippen MR) is 290 cm³/mol. The van der Waals surface area contributed by atoms with E-state index in [9.17, 15) is 0 Å². The molecule has 0 aliphatic heterocycles. The fourth-order valence-corrected chi connectivity index (χ4v) is 12.4. The van der Waals surface area contributed by atoms with E-state index in [-0.39, 0.29) is 0 Å². The fourth-order valence-electron chi connectivity index (χ4n) is 12.4. The van der Waals surface area contributed by atoms with E-state index in [1.807, 2.05) is 0 Å². The molecule has 6 aliphatic carbocycles. The van der Waals surface area contributed by atoms with Gasteiger partial charge >= 0.3 is 0 Å². The van der Waals surface area contributed by atoms with Gasteiger partial charge in [0.1, 0.15) is 0 Å². The molecular weight excluding hydrogens is 807 g/mol. The number of allylic oxidation sites excluding steroid dienone is 17. The maximum atomic E-state index is 4.84. The average molecular weight is 866 g/mol. The van der Waals surface area contributed by atoms with Gasteiger partial charge in [-0.3, -0.25) is 0 Å². The van der Waals surface area contributed by atoms with Crippen LogP contribution in [-0.4, -0.2) is 0 Å². The van der Waals surface area contributed by atoms with Crippen LogP contribution in [0.5, 0.6) is 0 Å². The van der Waals surface area contributed by atoms with Gasteiger partial charge in [-0.25, -0.2) is 0 Å². The Balaban J connectivity index is 0.950. The molecule has 0 aromatic heterocycles. The number of rotatable bonds is 8. The van der Waals surface area contributed by atoms with E-state index in [1.54, 1.807) is 0 Å². The topological polar surface area (TPSA) is 3.24 Å². The van der Waals surface area contributed by atoms with Crippen LogP contribution in [0.15, 0.2) is 198 Å². The number of para-hydroxylation sites is 1. The first-order valence-corrected chi connectivity index (χ1v) is 25.0. The van der Waals surface area contributed by atoms with Gasteiger partial charge in [-0.15, -0.1) is 0 Å². The Morgan fingerprint density at radius 3 is 1.45 bits per heavy atom. The van der Waals surface area contributed by atoms with Crippen molar-refractivity contribution in [2.45, 2.75) is 90.9 Å². The second kappa shape index (κ2) is 17.4. The molecular formula is C66H59N. The molecule has 0 heterocycles. The lowest BCUT2D eigenvalue weighted by Gasteiger charge is -2.33. The number of benzene rings is 6. The first kappa shape index (κ1) is 41.5. The lowest BCUT2D eigenvalue weighted by molar-refractivity contribution is 0.877. The summed E-state index contributed by atoms with van der Waals surface area (Å²) in [6.45, 7) is 9.34. The normalized spacial score (nSPS) is 18.2. The fraction of sp³-hybridized carbons (Fsp3) is 0.212. The Hall–Kier alpha value is -6.96. The molecule has 0 N–H and O–H groups in total. The van der Waals surface area contributed by atoms with Crippen molar-refractivity contribution >= 4 is 72.4 Å². The highest BCUT2D eigenvalue weighted by Gasteiger charge is 2.27. The standard InChI is InChI=1S/C66H59N/c1-43-19-17-22-49(39-43)63-54-26-8-12-30-58(54)65(59-31-13-9-27-55(59)63)51-37-35-48-42-52(38-36-47(48)41-51)66-60-32-14-10-28-56(60)64(57-29-11-15-33-61(57)66)50-23-18-21-46(40-50)45(3)67(53-24-5-4-6-25-53)62-34-16-7-20-44(62)2/h4-10,12-14,19-21,24-33,39-42H,3,11,15-18,22-23,34-38H2,1-2H3. The molecule has 6 aromatic rings. The molecule has 67 heavy (non-hydrogen) atoms. The minimum absolute atomic E-state index is 0.998. The summed E-state index contributed by atoms with van der Waals surface area (Å²) in [5.41, 5.74) is 22.2. The maximum Gasteiger partial charge on any atom is 0.0458 e. The minimum atomic E-state index is 0.998. The molecule has 6 aliphatic rings. The van der Waals surface area contributed by atoms with E-state index in [0.29, 0.717) is 0 Å². The molecule has 0 unspecified atom stereocenters. The van der Waals surface area contributed by atoms with E-state index in [2.05, 4.69) is 183 Å². The smallest absolute Gasteiger partial charge is 0.0458 e. The van der Waals surface area contributed by atoms with Crippen LogP contribution in [0, 0.1) is 0 Å². The molecule has 328 valence electrons. The van der Waals surface area contributed by atoms with Gasteiger partial charge in [-0.05, 0) is 219 Å². The SMILES string of the molecule is C=C(C1=CCCC(c2c3c(c(C4=CC5=C(C=C(c6c7ccccc7c(C7=CC(C)=CCC7)c7ccccc67)CC5)CC4)c4ccccc24)=CCCC=3)=C1)N(C1=C(C)C=CCC1)c1ccccc1. The summed E-state index contributed by atoms with van der Waals surface area (Å²) in [5.74, 6) is 0. The van der Waals surface area contributed by atoms with Crippen molar-refractivity contribution in [1.82, 2.24) is 0 Å². The maximum absolute atomic E-state index is 4.84. The Morgan fingerprint density at radius 2 is 0.910 bits per heavy atom. The van der Waals surface area contributed by atoms with Crippen LogP contribution in [0.25, 0.3) is 66.8 Å². The van der Waals surface area contributed by atoms with Crippen LogP contribution >= 0.6 is 0 Å². The molecule has 0 atom stereocenters. The zero-order chi connectivity index (χ0) is 45.0. The molecule has 0 saturated carbocycles. The Bertz CT molecular complexity index is 3470. The summed E-state index contributed by atoms with van der Waals surface area (Å²) in [4.78, 5) is 2.43. The largest absolute Gasteiger partial charge is 0.314 e. The average Bonchev–Trinajstić information content (AvgIpc) is 3.37. The molecule has 0 spiro atoms. The first-order valence-electron chi connectivity index (χ1n) is 25.0. The minimum Gasteiger partial charge on any atom is -0.314 e. The van der Waals surface area contributed by atoms with Crippen LogP contribution in [0.2, 0.25) is 0 Å². The summed E-state index contributed by atoms with van der Waals surface area (Å²) in [6.07, 6.45) is 37.3. The number of hydrogen-bond acceptors (Lipinski definition) is 1. The van der Waals surface area contributed by atoms with Gasteiger partial charge < -0.3 is 4.90 Å². The summed E-state index contributed by atoms with van der Waals surface area (Å²) in [6, 6.07) is 38.6. The third-order valence-electron chi connectivity index (χ3n) is 15.5. The van der Waals surface area contributed by atoms with E-state index >= 15 is 0 Å². The zero-order valence-corrected chi connectivity index (χ0v) is 39.2. The van der Waals surface area contributed by atoms with E-state index in [4.69, 9.17) is 6.58 Å². The molecule has 0 radical (unpaired) electrons. The van der Waals surface area contributed by atoms with E-state index < -0.39 is 0 Å². The van der Waals surface area contributed by atoms with Gasteiger partial charge in [0.05, 0.1) is 0 Å². The van der Waals surface area contributed by atoms with Gasteiger partial charge in [-0.2, -0.15) is 0 Å². The van der Waals surface area contributed by atoms with Crippen LogP contribution in [0.3, 0.4) is 0 Å². The predicted octanol–water partition coefficient (Wildman–Crippen LogP) is 16.7. The van der Waals surface area contributed by atoms with Crippen LogP contribution in [0.1, 0.15) is 113 Å². The highest BCUT2D eigenvalue weighted by atomic mass is 15.2. The summed E-state index contributed by atoms with van der Waals surface area (Å²) in [7, 11) is 0. The van der Waals surface area contributed by atoms with E-state index in [1.165, 1.54) is 127 Å². The highest BCUT2D eigenvalue weighted by Crippen LogP contribution is 2.47. The molecule has 0 fully saturated rings. The first-order chi connectivity index (χ1) is 33.0. The summed E-state index contributed by atoms with van der Waals surface area (Å²) >= 11 is 0. The van der Waals surface area contributed by atoms with E-state index in [0.717, 1.165) is 82.7 Å². The van der Waals surface area contributed by atoms with Crippen molar-refractivity contribution in [3.63, 3.8) is 0 Å². The van der Waals surface area contributed by atoms with Crippen molar-refractivity contribution in [3.8, 4) is 0 Å². The van der Waals surface area contributed by atoms with Gasteiger partial charge in [0, 0.05) is 17.1 Å². The molecule has 1 heteroatoms. The quantitative estimate of drug-likeness (QED) is 0.138. The second-order valence-electron chi connectivity index (χ2n) is 19.6. The summed E-state index contributed by atoms with van der Waals surface area (Å²) in [5, 5.41) is 11.2. The highest BCUT2D eigenvalue weighted by molar-refractivity contribution is 6.16. The number of hydrogen-bond donors (Lipinski definition) is 0. The molecule has 1 nitrogen and oxygen atoms in total. The molecule has 0 amide bonds. The van der Waals surface area contributed by atoms with Crippen LogP contribution < -0.4 is 15.3 Å². The van der Waals surface area contributed by atoms with Crippen molar-refractivity contribution in [3.05, 3.63) is 230 Å². The Labute approximate surface area is 396 Å². The monoisotopic (exact) mass is 865 g/mol. The third-order valence-corrected chi connectivity index (χ3v) is 15.5. The van der Waals surface area contributed by atoms with Crippen molar-refractivity contribution < 1.29 is 0 Å². The Kier molecular flexibility index (Phi) is 10.7. The Morgan fingerprint density at radius 1 is 0.433 bits per heavy atom. The number of anilines is 1. The lowest BCUT2D eigenvalue weighted by Crippen LogP contribution is -2.34. The van der Waals surface area contributed by atoms with Gasteiger partial charge in [-0.1, -0.05) is 158 Å². The molecule has 6 aromatic carbocycles. The molecule has 0 saturated heterocycles. The van der Waals surface area contributed by atoms with Gasteiger partial charge in [0.15, 0.2) is 0 Å². The van der Waals surface area contributed by atoms with Gasteiger partial charge in [0.25, 0.3) is 0 Å². The molecule has 0 bridgehead atoms. The number of fused-ring (bicyclic) bond motifs is 4. The van der Waals surface area contributed by atoms with Crippen LogP contribution in [0.4, 0.5) is 5.69 Å². The lowest BCUT2D eigenvalue weighted by atomic mass is 9.76. The number of nitrogens with zero attached hydrogens (tertiary/aromatic N) is 1. The zero-order valence-electron chi connectivity index (χ0n) is 39.2. The van der Waals surface area contributed by atoms with Crippen molar-refractivity contribution in [1.29, 1.82) is 0 Å². The van der Waals surface area contributed by atoms with Crippen molar-refractivity contribution in [2.24, 2.45) is 0 Å².